The van der Waals surface area contributed by atoms with Crippen LogP contribution in [0.4, 0.5) is 21.9 Å². The Morgan fingerprint density at radius 3 is 2.16 bits per heavy atom. The van der Waals surface area contributed by atoms with E-state index in [9.17, 15) is 13.2 Å². The van der Waals surface area contributed by atoms with Gasteiger partial charge in [-0.3, -0.25) is 4.31 Å². The molecule has 1 aliphatic heterocycles. The molecule has 1 heterocycles. The van der Waals surface area contributed by atoms with Gasteiger partial charge in [-0.2, -0.15) is 0 Å². The van der Waals surface area contributed by atoms with Gasteiger partial charge in [0.2, 0.25) is 0 Å². The van der Waals surface area contributed by atoms with Crippen LogP contribution in [0.15, 0.2) is 65.6 Å². The summed E-state index contributed by atoms with van der Waals surface area (Å²) in [4.78, 5) is 12.7. The number of sulfonamides is 1. The predicted octanol–water partition coefficient (Wildman–Crippen LogP) is 5.01. The molecule has 6 nitrogen and oxygen atoms in total. The number of amides is 2. The Balaban J connectivity index is 1.54. The number of fused-ring (bicyclic) bond motifs is 1. The van der Waals surface area contributed by atoms with E-state index in [4.69, 9.17) is 0 Å². The third-order valence-corrected chi connectivity index (χ3v) is 7.40. The minimum Gasteiger partial charge on any atom is -0.308 e. The number of nitrogens with one attached hydrogen (secondary N) is 2. The van der Waals surface area contributed by atoms with E-state index in [0.717, 1.165) is 22.3 Å². The molecule has 3 aromatic rings. The fourth-order valence-corrected chi connectivity index (χ4v) is 5.12. The number of rotatable bonds is 4. The van der Waals surface area contributed by atoms with Crippen molar-refractivity contribution in [2.45, 2.75) is 32.1 Å². The molecule has 0 atom stereocenters. The molecule has 4 rings (SSSR count). The summed E-state index contributed by atoms with van der Waals surface area (Å²) in [6.07, 6.45) is 0.634. The van der Waals surface area contributed by atoms with Crippen LogP contribution in [0.3, 0.4) is 0 Å². The van der Waals surface area contributed by atoms with E-state index in [0.29, 0.717) is 30.0 Å². The third-order valence-electron chi connectivity index (χ3n) is 5.57. The number of benzene rings is 3. The lowest BCUT2D eigenvalue weighted by Gasteiger charge is -2.20. The Hall–Kier alpha value is -3.32. The highest BCUT2D eigenvalue weighted by Crippen LogP contribution is 2.35. The lowest BCUT2D eigenvalue weighted by molar-refractivity contribution is 0.262. The van der Waals surface area contributed by atoms with E-state index in [1.54, 1.807) is 36.4 Å². The minimum absolute atomic E-state index is 0.261. The molecule has 0 aliphatic carbocycles. The van der Waals surface area contributed by atoms with Crippen LogP contribution in [0.1, 0.15) is 22.3 Å². The number of carbonyl (C=O) groups excluding carboxylic acids is 1. The molecule has 0 fully saturated rings. The summed E-state index contributed by atoms with van der Waals surface area (Å²) in [7, 11) is -3.67. The molecule has 160 valence electrons. The van der Waals surface area contributed by atoms with Crippen LogP contribution in [0.25, 0.3) is 0 Å². The minimum atomic E-state index is -3.67. The number of hydrogen-bond donors (Lipinski definition) is 2. The second kappa shape index (κ2) is 8.07. The van der Waals surface area contributed by atoms with Crippen LogP contribution in [0, 0.1) is 20.8 Å². The molecule has 0 aromatic heterocycles. The zero-order chi connectivity index (χ0) is 22.2. The monoisotopic (exact) mass is 435 g/mol. The van der Waals surface area contributed by atoms with Gasteiger partial charge in [0.05, 0.1) is 10.6 Å². The van der Waals surface area contributed by atoms with Gasteiger partial charge in [0.25, 0.3) is 10.0 Å². The second-order valence-electron chi connectivity index (χ2n) is 7.86. The molecule has 2 N–H and O–H groups in total. The van der Waals surface area contributed by atoms with Crippen molar-refractivity contribution in [1.29, 1.82) is 0 Å². The van der Waals surface area contributed by atoms with Crippen LogP contribution in [-0.4, -0.2) is 21.0 Å². The Morgan fingerprint density at radius 2 is 1.48 bits per heavy atom. The summed E-state index contributed by atoms with van der Waals surface area (Å²) in [6, 6.07) is 17.5. The van der Waals surface area contributed by atoms with Crippen molar-refractivity contribution in [3.05, 3.63) is 82.9 Å². The average molecular weight is 436 g/mol. The van der Waals surface area contributed by atoms with Gasteiger partial charge in [-0.05, 0) is 80.3 Å². The number of aryl methyl sites for hydroxylation is 3. The van der Waals surface area contributed by atoms with Gasteiger partial charge in [-0.15, -0.1) is 0 Å². The second-order valence-corrected chi connectivity index (χ2v) is 9.72. The summed E-state index contributed by atoms with van der Waals surface area (Å²) in [6.45, 7) is 6.30. The van der Waals surface area contributed by atoms with Gasteiger partial charge in [0.1, 0.15) is 0 Å². The largest absolute Gasteiger partial charge is 0.323 e. The van der Waals surface area contributed by atoms with Gasteiger partial charge in [-0.1, -0.05) is 29.8 Å². The summed E-state index contributed by atoms with van der Waals surface area (Å²) >= 11 is 0. The van der Waals surface area contributed by atoms with Crippen LogP contribution in [-0.2, 0) is 16.4 Å². The van der Waals surface area contributed by atoms with Crippen molar-refractivity contribution in [2.75, 3.05) is 21.5 Å². The van der Waals surface area contributed by atoms with Gasteiger partial charge >= 0.3 is 6.03 Å². The van der Waals surface area contributed by atoms with Crippen LogP contribution >= 0.6 is 0 Å². The first-order valence-corrected chi connectivity index (χ1v) is 11.6. The van der Waals surface area contributed by atoms with E-state index in [1.165, 1.54) is 4.31 Å². The van der Waals surface area contributed by atoms with Crippen LogP contribution in [0.2, 0.25) is 0 Å². The lowest BCUT2D eigenvalue weighted by atomic mass is 10.1. The SMILES string of the molecule is Cc1ccc(S(=O)(=O)N2CCc3ccc(NC(=O)Nc4ccc(C)c(C)c4)cc32)cc1. The number of carbonyl (C=O) groups is 1. The summed E-state index contributed by atoms with van der Waals surface area (Å²) in [5.41, 5.74) is 6.02. The Labute approximate surface area is 183 Å². The fraction of sp³-hybridized carbons (Fsp3) is 0.208. The molecule has 0 saturated heterocycles. The fourth-order valence-electron chi connectivity index (χ4n) is 3.63. The van der Waals surface area contributed by atoms with E-state index >= 15 is 0 Å². The number of urea groups is 1. The Bertz CT molecular complexity index is 1250. The predicted molar refractivity (Wildman–Crippen MR) is 124 cm³/mol. The van der Waals surface area contributed by atoms with E-state index in [1.807, 2.05) is 45.0 Å². The maximum absolute atomic E-state index is 13.2. The molecule has 3 aromatic carbocycles. The highest BCUT2D eigenvalue weighted by molar-refractivity contribution is 7.92. The van der Waals surface area contributed by atoms with Crippen molar-refractivity contribution in [3.63, 3.8) is 0 Å². The number of hydrogen-bond acceptors (Lipinski definition) is 3. The maximum Gasteiger partial charge on any atom is 0.323 e. The molecule has 7 heteroatoms. The van der Waals surface area contributed by atoms with Crippen molar-refractivity contribution in [1.82, 2.24) is 0 Å². The Kier molecular flexibility index (Phi) is 5.45. The van der Waals surface area contributed by atoms with Gasteiger partial charge in [0, 0.05) is 17.9 Å². The Morgan fingerprint density at radius 1 is 0.839 bits per heavy atom. The maximum atomic E-state index is 13.2. The molecule has 1 aliphatic rings. The molecule has 0 radical (unpaired) electrons. The third kappa shape index (κ3) is 4.27. The van der Waals surface area contributed by atoms with Crippen LogP contribution < -0.4 is 14.9 Å². The zero-order valence-electron chi connectivity index (χ0n) is 17.8. The molecule has 0 bridgehead atoms. The summed E-state index contributed by atoms with van der Waals surface area (Å²) in [5, 5.41) is 5.62. The average Bonchev–Trinajstić information content (AvgIpc) is 3.15. The molecule has 2 amide bonds. The van der Waals surface area contributed by atoms with Crippen molar-refractivity contribution < 1.29 is 13.2 Å². The molecule has 0 unspecified atom stereocenters. The highest BCUT2D eigenvalue weighted by atomic mass is 32.2. The zero-order valence-corrected chi connectivity index (χ0v) is 18.6. The lowest BCUT2D eigenvalue weighted by Crippen LogP contribution is -2.29. The molecular formula is C24H25N3O3S. The molecular weight excluding hydrogens is 410 g/mol. The van der Waals surface area contributed by atoms with E-state index in [-0.39, 0.29) is 10.9 Å². The van der Waals surface area contributed by atoms with Crippen molar-refractivity contribution in [2.24, 2.45) is 0 Å². The number of anilines is 3. The van der Waals surface area contributed by atoms with Crippen molar-refractivity contribution in [3.8, 4) is 0 Å². The quantitative estimate of drug-likeness (QED) is 0.605. The van der Waals surface area contributed by atoms with Crippen molar-refractivity contribution >= 4 is 33.1 Å². The first kappa shape index (κ1) is 20.9. The van der Waals surface area contributed by atoms with E-state index < -0.39 is 10.0 Å². The van der Waals surface area contributed by atoms with E-state index in [2.05, 4.69) is 10.6 Å². The topological polar surface area (TPSA) is 78.5 Å². The molecule has 31 heavy (non-hydrogen) atoms. The first-order valence-electron chi connectivity index (χ1n) is 10.1. The summed E-state index contributed by atoms with van der Waals surface area (Å²) < 4.78 is 27.8. The normalized spacial score (nSPS) is 13.1. The molecule has 0 saturated carbocycles. The number of nitrogens with zero attached hydrogens (tertiary/aromatic N) is 1. The first-order chi connectivity index (χ1) is 14.7. The van der Waals surface area contributed by atoms with Gasteiger partial charge in [-0.25, -0.2) is 13.2 Å². The standard InChI is InChI=1S/C24H25N3O3S/c1-16-4-10-22(11-5-16)31(29,30)27-13-12-19-7-9-21(15-23(19)27)26-24(28)25-20-8-6-17(2)18(3)14-20/h4-11,14-15H,12-13H2,1-3H3,(H2,25,26,28). The van der Waals surface area contributed by atoms with Crippen LogP contribution in [0.5, 0.6) is 0 Å². The summed E-state index contributed by atoms with van der Waals surface area (Å²) in [5.74, 6) is 0. The smallest absolute Gasteiger partial charge is 0.308 e. The highest BCUT2D eigenvalue weighted by Gasteiger charge is 2.31. The molecule has 0 spiro atoms. The van der Waals surface area contributed by atoms with Gasteiger partial charge < -0.3 is 10.6 Å². The van der Waals surface area contributed by atoms with Gasteiger partial charge in [0.15, 0.2) is 0 Å².